The van der Waals surface area contributed by atoms with Gasteiger partial charge in [0, 0.05) is 0 Å². The molecule has 4 heteroatoms. The van der Waals surface area contributed by atoms with Crippen molar-refractivity contribution in [2.24, 2.45) is 0 Å². The molecule has 0 aliphatic heterocycles. The number of phenolic OH excluding ortho intramolecular Hbond substituents is 1. The van der Waals surface area contributed by atoms with Crippen molar-refractivity contribution >= 4 is 17.6 Å². The highest BCUT2D eigenvalue weighted by molar-refractivity contribution is 6.32. The number of hydrogen-bond acceptors (Lipinski definition) is 3. The third-order valence-corrected chi connectivity index (χ3v) is 2.45. The van der Waals surface area contributed by atoms with Crippen LogP contribution in [-0.4, -0.2) is 11.1 Å². The summed E-state index contributed by atoms with van der Waals surface area (Å²) in [6.45, 7) is 0. The van der Waals surface area contributed by atoms with Crippen molar-refractivity contribution in [3.8, 4) is 11.5 Å². The highest BCUT2D eigenvalue weighted by atomic mass is 35.5. The van der Waals surface area contributed by atoms with Crippen molar-refractivity contribution < 1.29 is 14.6 Å². The zero-order chi connectivity index (χ0) is 12.3. The lowest BCUT2D eigenvalue weighted by Gasteiger charge is -2.07. The highest BCUT2D eigenvalue weighted by Gasteiger charge is 2.13. The van der Waals surface area contributed by atoms with E-state index in [0.29, 0.717) is 5.56 Å². The number of halogens is 1. The quantitative estimate of drug-likeness (QED) is 0.655. The third kappa shape index (κ3) is 2.57. The summed E-state index contributed by atoms with van der Waals surface area (Å²) in [7, 11) is 0. The maximum Gasteiger partial charge on any atom is 0.343 e. The first-order valence-electron chi connectivity index (χ1n) is 4.93. The van der Waals surface area contributed by atoms with Crippen molar-refractivity contribution in [2.75, 3.05) is 0 Å². The summed E-state index contributed by atoms with van der Waals surface area (Å²) in [6.07, 6.45) is 0. The predicted octanol–water partition coefficient (Wildman–Crippen LogP) is 3.26. The number of ether oxygens (including phenoxy) is 1. The standard InChI is InChI=1S/C13H9ClO3/c14-10-7-4-8-11(15)12(10)17-13(16)9-5-2-1-3-6-9/h1-8,15H. The van der Waals surface area contributed by atoms with Crippen molar-refractivity contribution in [3.05, 3.63) is 59.1 Å². The molecule has 2 aromatic carbocycles. The van der Waals surface area contributed by atoms with Crippen LogP contribution in [0.25, 0.3) is 0 Å². The Morgan fingerprint density at radius 1 is 1.06 bits per heavy atom. The van der Waals surface area contributed by atoms with Crippen LogP contribution in [0.3, 0.4) is 0 Å². The molecule has 17 heavy (non-hydrogen) atoms. The molecule has 0 saturated heterocycles. The van der Waals surface area contributed by atoms with E-state index in [4.69, 9.17) is 16.3 Å². The number of carbonyl (C=O) groups is 1. The number of phenols is 1. The molecule has 1 N–H and O–H groups in total. The van der Waals surface area contributed by atoms with E-state index in [1.807, 2.05) is 0 Å². The average molecular weight is 249 g/mol. The molecular weight excluding hydrogens is 240 g/mol. The van der Waals surface area contributed by atoms with Crippen LogP contribution in [0.1, 0.15) is 10.4 Å². The fourth-order valence-corrected chi connectivity index (χ4v) is 1.53. The lowest BCUT2D eigenvalue weighted by atomic mass is 10.2. The largest absolute Gasteiger partial charge is 0.504 e. The summed E-state index contributed by atoms with van der Waals surface area (Å²) in [5.41, 5.74) is 0.395. The molecule has 0 radical (unpaired) electrons. The first-order valence-corrected chi connectivity index (χ1v) is 5.31. The molecule has 2 aromatic rings. The van der Waals surface area contributed by atoms with Crippen LogP contribution < -0.4 is 4.74 Å². The normalized spacial score (nSPS) is 9.94. The van der Waals surface area contributed by atoms with E-state index in [-0.39, 0.29) is 16.5 Å². The van der Waals surface area contributed by atoms with Gasteiger partial charge >= 0.3 is 5.97 Å². The fourth-order valence-electron chi connectivity index (χ4n) is 1.32. The monoisotopic (exact) mass is 248 g/mol. The molecule has 0 amide bonds. The first-order chi connectivity index (χ1) is 8.18. The summed E-state index contributed by atoms with van der Waals surface area (Å²) >= 11 is 5.82. The van der Waals surface area contributed by atoms with Gasteiger partial charge in [-0.1, -0.05) is 35.9 Å². The first kappa shape index (κ1) is 11.5. The molecule has 0 aromatic heterocycles. The minimum absolute atomic E-state index is 0.0250. The van der Waals surface area contributed by atoms with E-state index < -0.39 is 5.97 Å². The Morgan fingerprint density at radius 3 is 2.41 bits per heavy atom. The molecule has 3 nitrogen and oxygen atoms in total. The van der Waals surface area contributed by atoms with Crippen molar-refractivity contribution in [1.82, 2.24) is 0 Å². The van der Waals surface area contributed by atoms with Crippen LogP contribution in [0.2, 0.25) is 5.02 Å². The van der Waals surface area contributed by atoms with E-state index in [1.165, 1.54) is 12.1 Å². The van der Waals surface area contributed by atoms with Gasteiger partial charge in [0.25, 0.3) is 0 Å². The molecule has 0 aliphatic rings. The molecule has 0 fully saturated rings. The van der Waals surface area contributed by atoms with Gasteiger partial charge in [-0.2, -0.15) is 0 Å². The molecule has 0 bridgehead atoms. The average Bonchev–Trinajstić information content (AvgIpc) is 2.35. The van der Waals surface area contributed by atoms with Gasteiger partial charge in [-0.25, -0.2) is 4.79 Å². The van der Waals surface area contributed by atoms with Crippen LogP contribution in [0.5, 0.6) is 11.5 Å². The van der Waals surface area contributed by atoms with Crippen LogP contribution >= 0.6 is 11.6 Å². The number of aromatic hydroxyl groups is 1. The number of benzene rings is 2. The van der Waals surface area contributed by atoms with Gasteiger partial charge < -0.3 is 9.84 Å². The summed E-state index contributed by atoms with van der Waals surface area (Å²) < 4.78 is 5.04. The molecular formula is C13H9ClO3. The van der Waals surface area contributed by atoms with Crippen LogP contribution in [0.15, 0.2) is 48.5 Å². The Kier molecular flexibility index (Phi) is 3.30. The minimum Gasteiger partial charge on any atom is -0.504 e. The summed E-state index contributed by atoms with van der Waals surface area (Å²) in [6, 6.07) is 13.0. The number of hydrogen-bond donors (Lipinski definition) is 1. The van der Waals surface area contributed by atoms with Gasteiger partial charge in [0.2, 0.25) is 0 Å². The lowest BCUT2D eigenvalue weighted by molar-refractivity contribution is 0.0730. The molecule has 0 aliphatic carbocycles. The van der Waals surface area contributed by atoms with Crippen LogP contribution in [-0.2, 0) is 0 Å². The molecule has 2 rings (SSSR count). The van der Waals surface area contributed by atoms with E-state index in [0.717, 1.165) is 0 Å². The second kappa shape index (κ2) is 4.89. The smallest absolute Gasteiger partial charge is 0.343 e. The molecule has 0 spiro atoms. The van der Waals surface area contributed by atoms with E-state index >= 15 is 0 Å². The van der Waals surface area contributed by atoms with Gasteiger partial charge in [-0.3, -0.25) is 0 Å². The minimum atomic E-state index is -0.561. The zero-order valence-corrected chi connectivity index (χ0v) is 9.52. The highest BCUT2D eigenvalue weighted by Crippen LogP contribution is 2.34. The Hall–Kier alpha value is -2.00. The Bertz CT molecular complexity index is 517. The van der Waals surface area contributed by atoms with E-state index in [2.05, 4.69) is 0 Å². The van der Waals surface area contributed by atoms with Gasteiger partial charge in [0.1, 0.15) is 0 Å². The predicted molar refractivity (Wildman–Crippen MR) is 64.5 cm³/mol. The zero-order valence-electron chi connectivity index (χ0n) is 8.76. The molecule has 86 valence electrons. The van der Waals surface area contributed by atoms with E-state index in [1.54, 1.807) is 36.4 Å². The number of esters is 1. The van der Waals surface area contributed by atoms with Gasteiger partial charge in [-0.05, 0) is 24.3 Å². The Balaban J connectivity index is 2.25. The second-order valence-electron chi connectivity index (χ2n) is 3.34. The SMILES string of the molecule is O=C(Oc1c(O)cccc1Cl)c1ccccc1. The van der Waals surface area contributed by atoms with Crippen molar-refractivity contribution in [2.45, 2.75) is 0 Å². The summed E-state index contributed by atoms with van der Waals surface area (Å²) in [4.78, 5) is 11.7. The van der Waals surface area contributed by atoms with Gasteiger partial charge in [-0.15, -0.1) is 0 Å². The summed E-state index contributed by atoms with van der Waals surface area (Å²) in [5.74, 6) is -0.751. The topological polar surface area (TPSA) is 46.5 Å². The van der Waals surface area contributed by atoms with Gasteiger partial charge in [0.05, 0.1) is 10.6 Å². The summed E-state index contributed by atoms with van der Waals surface area (Å²) in [5, 5.41) is 9.71. The third-order valence-electron chi connectivity index (χ3n) is 2.15. The number of carbonyl (C=O) groups excluding carboxylic acids is 1. The van der Waals surface area contributed by atoms with E-state index in [9.17, 15) is 9.90 Å². The molecule has 0 unspecified atom stereocenters. The fraction of sp³-hybridized carbons (Fsp3) is 0. The number of para-hydroxylation sites is 1. The Morgan fingerprint density at radius 2 is 1.76 bits per heavy atom. The Labute approximate surface area is 103 Å². The second-order valence-corrected chi connectivity index (χ2v) is 3.75. The maximum atomic E-state index is 11.7. The maximum absolute atomic E-state index is 11.7. The lowest BCUT2D eigenvalue weighted by Crippen LogP contribution is -2.08. The van der Waals surface area contributed by atoms with Crippen LogP contribution in [0, 0.1) is 0 Å². The van der Waals surface area contributed by atoms with Gasteiger partial charge in [0.15, 0.2) is 11.5 Å². The number of rotatable bonds is 2. The molecule has 0 heterocycles. The van der Waals surface area contributed by atoms with Crippen molar-refractivity contribution in [3.63, 3.8) is 0 Å². The van der Waals surface area contributed by atoms with Crippen molar-refractivity contribution in [1.29, 1.82) is 0 Å². The van der Waals surface area contributed by atoms with Crippen LogP contribution in [0.4, 0.5) is 0 Å². The molecule has 0 atom stereocenters. The molecule has 0 saturated carbocycles.